The standard InChI is InChI=1S/C17H24O.2C2H6/c1-4-7-9-16-10-12-17(13-11-16)18-14-15(6-3)8-5-2;2*1-2/h5-6,8,10-13H,4,7,9,14H2,1-3H3;2*1-2H3/b8-5-,15-6+;;. The molecule has 1 nitrogen and oxygen atoms in total. The van der Waals surface area contributed by atoms with Gasteiger partial charge in [0.05, 0.1) is 0 Å². The van der Waals surface area contributed by atoms with Crippen LogP contribution >= 0.6 is 0 Å². The summed E-state index contributed by atoms with van der Waals surface area (Å²) in [6.07, 6.45) is 9.85. The van der Waals surface area contributed by atoms with Gasteiger partial charge in [-0.15, -0.1) is 0 Å². The molecule has 126 valence electrons. The summed E-state index contributed by atoms with van der Waals surface area (Å²) in [5.74, 6) is 0.944. The molecule has 0 heterocycles. The lowest BCUT2D eigenvalue weighted by Crippen LogP contribution is -1.99. The Kier molecular flexibility index (Phi) is 18.2. The van der Waals surface area contributed by atoms with Crippen molar-refractivity contribution in [3.05, 3.63) is 53.6 Å². The van der Waals surface area contributed by atoms with E-state index < -0.39 is 0 Å². The molecule has 0 unspecified atom stereocenters. The van der Waals surface area contributed by atoms with Gasteiger partial charge in [0.25, 0.3) is 0 Å². The topological polar surface area (TPSA) is 9.23 Å². The fourth-order valence-corrected chi connectivity index (χ4v) is 1.74. The number of rotatable bonds is 7. The van der Waals surface area contributed by atoms with Crippen LogP contribution in [0, 0.1) is 0 Å². The smallest absolute Gasteiger partial charge is 0.119 e. The molecule has 1 aromatic rings. The van der Waals surface area contributed by atoms with Crippen molar-refractivity contribution in [2.45, 2.75) is 67.7 Å². The van der Waals surface area contributed by atoms with Crippen molar-refractivity contribution in [2.24, 2.45) is 0 Å². The van der Waals surface area contributed by atoms with Gasteiger partial charge < -0.3 is 4.74 Å². The highest BCUT2D eigenvalue weighted by atomic mass is 16.5. The summed E-state index contributed by atoms with van der Waals surface area (Å²) in [5, 5.41) is 0. The molecule has 1 aromatic carbocycles. The molecular formula is C21H36O. The molecule has 0 bridgehead atoms. The monoisotopic (exact) mass is 304 g/mol. The summed E-state index contributed by atoms with van der Waals surface area (Å²) in [6.45, 7) is 14.9. The molecule has 0 atom stereocenters. The maximum absolute atomic E-state index is 5.75. The number of ether oxygens (including phenoxy) is 1. The van der Waals surface area contributed by atoms with Crippen LogP contribution in [0.5, 0.6) is 5.75 Å². The van der Waals surface area contributed by atoms with Crippen LogP contribution in [0.2, 0.25) is 0 Å². The summed E-state index contributed by atoms with van der Waals surface area (Å²) in [4.78, 5) is 0. The minimum absolute atomic E-state index is 0.634. The summed E-state index contributed by atoms with van der Waals surface area (Å²) in [6, 6.07) is 8.45. The van der Waals surface area contributed by atoms with Gasteiger partial charge in [-0.1, -0.05) is 71.4 Å². The number of allylic oxidation sites excluding steroid dienone is 2. The highest BCUT2D eigenvalue weighted by Gasteiger charge is 1.97. The molecular weight excluding hydrogens is 268 g/mol. The van der Waals surface area contributed by atoms with Crippen molar-refractivity contribution in [3.63, 3.8) is 0 Å². The van der Waals surface area contributed by atoms with Gasteiger partial charge in [0.15, 0.2) is 0 Å². The van der Waals surface area contributed by atoms with Crippen LogP contribution in [0.1, 0.15) is 66.9 Å². The van der Waals surface area contributed by atoms with Crippen LogP contribution in [0.25, 0.3) is 0 Å². The Labute approximate surface area is 139 Å². The Morgan fingerprint density at radius 3 is 2.05 bits per heavy atom. The zero-order chi connectivity index (χ0) is 17.2. The first-order valence-corrected chi connectivity index (χ1v) is 8.79. The largest absolute Gasteiger partial charge is 0.489 e. The Balaban J connectivity index is 0. The maximum Gasteiger partial charge on any atom is 0.119 e. The molecule has 0 spiro atoms. The van der Waals surface area contributed by atoms with E-state index in [1.54, 1.807) is 0 Å². The van der Waals surface area contributed by atoms with Crippen LogP contribution in [0.3, 0.4) is 0 Å². The van der Waals surface area contributed by atoms with Crippen LogP contribution in [0.15, 0.2) is 48.1 Å². The second-order valence-electron chi connectivity index (χ2n) is 4.40. The Bertz CT molecular complexity index is 385. The molecule has 0 saturated heterocycles. The normalized spacial score (nSPS) is 10.4. The first kappa shape index (κ1) is 22.8. The second-order valence-corrected chi connectivity index (χ2v) is 4.40. The third-order valence-electron chi connectivity index (χ3n) is 2.90. The van der Waals surface area contributed by atoms with Crippen LogP contribution in [-0.4, -0.2) is 6.61 Å². The van der Waals surface area contributed by atoms with Gasteiger partial charge in [-0.25, -0.2) is 0 Å². The molecule has 0 fully saturated rings. The molecule has 0 aliphatic heterocycles. The highest BCUT2D eigenvalue weighted by molar-refractivity contribution is 5.28. The zero-order valence-electron chi connectivity index (χ0n) is 15.8. The second kappa shape index (κ2) is 17.6. The number of aryl methyl sites for hydroxylation is 1. The lowest BCUT2D eigenvalue weighted by molar-refractivity contribution is 0.355. The van der Waals surface area contributed by atoms with E-state index in [0.29, 0.717) is 6.61 Å². The van der Waals surface area contributed by atoms with E-state index in [9.17, 15) is 0 Å². The molecule has 0 amide bonds. The molecule has 22 heavy (non-hydrogen) atoms. The molecule has 0 aromatic heterocycles. The van der Waals surface area contributed by atoms with E-state index in [1.165, 1.54) is 24.0 Å². The molecule has 1 heteroatoms. The van der Waals surface area contributed by atoms with Crippen molar-refractivity contribution in [3.8, 4) is 5.75 Å². The summed E-state index contributed by atoms with van der Waals surface area (Å²) in [7, 11) is 0. The fourth-order valence-electron chi connectivity index (χ4n) is 1.74. The minimum atomic E-state index is 0.634. The summed E-state index contributed by atoms with van der Waals surface area (Å²) >= 11 is 0. The van der Waals surface area contributed by atoms with Crippen molar-refractivity contribution in [1.82, 2.24) is 0 Å². The molecule has 0 saturated carbocycles. The van der Waals surface area contributed by atoms with Gasteiger partial charge in [0, 0.05) is 0 Å². The third kappa shape index (κ3) is 11.2. The van der Waals surface area contributed by atoms with Gasteiger partial charge in [-0.3, -0.25) is 0 Å². The van der Waals surface area contributed by atoms with Gasteiger partial charge in [0.1, 0.15) is 12.4 Å². The molecule has 1 rings (SSSR count). The van der Waals surface area contributed by atoms with Crippen molar-refractivity contribution < 1.29 is 4.74 Å². The maximum atomic E-state index is 5.75. The van der Waals surface area contributed by atoms with Crippen molar-refractivity contribution >= 4 is 0 Å². The van der Waals surface area contributed by atoms with E-state index >= 15 is 0 Å². The number of hydrogen-bond acceptors (Lipinski definition) is 1. The molecule has 0 radical (unpaired) electrons. The average molecular weight is 305 g/mol. The quantitative estimate of drug-likeness (QED) is 0.493. The predicted octanol–water partition coefficient (Wildman–Crippen LogP) is 6.98. The van der Waals surface area contributed by atoms with E-state index in [2.05, 4.69) is 43.3 Å². The number of unbranched alkanes of at least 4 members (excludes halogenated alkanes) is 1. The first-order chi connectivity index (χ1) is 10.8. The molecule has 0 aliphatic carbocycles. The third-order valence-corrected chi connectivity index (χ3v) is 2.90. The van der Waals surface area contributed by atoms with Gasteiger partial charge in [-0.05, 0) is 50.0 Å². The van der Waals surface area contributed by atoms with Gasteiger partial charge >= 0.3 is 0 Å². The van der Waals surface area contributed by atoms with E-state index in [4.69, 9.17) is 4.74 Å². The van der Waals surface area contributed by atoms with Gasteiger partial charge in [-0.2, -0.15) is 0 Å². The SMILES string of the molecule is C/C=C\C(=C/C)COc1ccc(CCCC)cc1.CC.CC. The lowest BCUT2D eigenvalue weighted by Gasteiger charge is -2.07. The van der Waals surface area contributed by atoms with Crippen molar-refractivity contribution in [1.29, 1.82) is 0 Å². The highest BCUT2D eigenvalue weighted by Crippen LogP contribution is 2.15. The predicted molar refractivity (Wildman–Crippen MR) is 102 cm³/mol. The van der Waals surface area contributed by atoms with E-state index in [1.807, 2.05) is 47.6 Å². The number of hydrogen-bond donors (Lipinski definition) is 0. The van der Waals surface area contributed by atoms with Crippen LogP contribution < -0.4 is 4.74 Å². The van der Waals surface area contributed by atoms with E-state index in [0.717, 1.165) is 12.2 Å². The fraction of sp³-hybridized carbons (Fsp3) is 0.524. The van der Waals surface area contributed by atoms with E-state index in [-0.39, 0.29) is 0 Å². The molecule has 0 aliphatic rings. The first-order valence-electron chi connectivity index (χ1n) is 8.79. The lowest BCUT2D eigenvalue weighted by atomic mass is 10.1. The Morgan fingerprint density at radius 2 is 1.59 bits per heavy atom. The van der Waals surface area contributed by atoms with Gasteiger partial charge in [0.2, 0.25) is 0 Å². The van der Waals surface area contributed by atoms with Crippen molar-refractivity contribution in [2.75, 3.05) is 6.61 Å². The van der Waals surface area contributed by atoms with Crippen LogP contribution in [-0.2, 0) is 6.42 Å². The Morgan fingerprint density at radius 1 is 1.00 bits per heavy atom. The summed E-state index contributed by atoms with van der Waals surface area (Å²) in [5.41, 5.74) is 2.59. The Hall–Kier alpha value is -1.50. The zero-order valence-corrected chi connectivity index (χ0v) is 15.8. The van der Waals surface area contributed by atoms with Crippen LogP contribution in [0.4, 0.5) is 0 Å². The minimum Gasteiger partial charge on any atom is -0.489 e. The summed E-state index contributed by atoms with van der Waals surface area (Å²) < 4.78 is 5.75. The number of benzene rings is 1. The average Bonchev–Trinajstić information content (AvgIpc) is 2.61. The molecule has 0 N–H and O–H groups in total.